The van der Waals surface area contributed by atoms with Crippen LogP contribution in [0.5, 0.6) is 0 Å². The predicted octanol–water partition coefficient (Wildman–Crippen LogP) is 0.637. The van der Waals surface area contributed by atoms with Gasteiger partial charge in [-0.2, -0.15) is 5.26 Å². The van der Waals surface area contributed by atoms with Crippen molar-refractivity contribution in [3.8, 4) is 6.07 Å². The smallest absolute Gasteiger partial charge is 0.104 e. The van der Waals surface area contributed by atoms with Crippen molar-refractivity contribution in [1.82, 2.24) is 0 Å². The van der Waals surface area contributed by atoms with Gasteiger partial charge in [0.2, 0.25) is 0 Å². The zero-order chi connectivity index (χ0) is 6.20. The first kappa shape index (κ1) is 5.58. The van der Waals surface area contributed by atoms with E-state index in [1.54, 1.807) is 0 Å². The van der Waals surface area contributed by atoms with Crippen molar-refractivity contribution in [2.24, 2.45) is 11.7 Å². The third-order valence-corrected chi connectivity index (χ3v) is 1.65. The number of hydrogen-bond acceptors (Lipinski definition) is 2. The van der Waals surface area contributed by atoms with Gasteiger partial charge in [-0.15, -0.1) is 0 Å². The van der Waals surface area contributed by atoms with Gasteiger partial charge in [0.05, 0.1) is 6.07 Å². The lowest BCUT2D eigenvalue weighted by Crippen LogP contribution is -2.49. The van der Waals surface area contributed by atoms with Gasteiger partial charge in [-0.25, -0.2) is 0 Å². The Morgan fingerprint density at radius 1 is 1.75 bits per heavy atom. The van der Waals surface area contributed by atoms with Gasteiger partial charge in [0, 0.05) is 0 Å². The van der Waals surface area contributed by atoms with E-state index < -0.39 is 5.54 Å². The molecule has 0 amide bonds. The van der Waals surface area contributed by atoms with Gasteiger partial charge < -0.3 is 5.73 Å². The Morgan fingerprint density at radius 2 is 2.25 bits per heavy atom. The van der Waals surface area contributed by atoms with Crippen LogP contribution in [0.1, 0.15) is 19.8 Å². The molecule has 44 valence electrons. The van der Waals surface area contributed by atoms with Crippen LogP contribution in [0.4, 0.5) is 0 Å². The van der Waals surface area contributed by atoms with Crippen LogP contribution in [0, 0.1) is 17.2 Å². The van der Waals surface area contributed by atoms with Gasteiger partial charge in [-0.3, -0.25) is 0 Å². The van der Waals surface area contributed by atoms with Crippen molar-refractivity contribution in [3.05, 3.63) is 0 Å². The zero-order valence-corrected chi connectivity index (χ0v) is 5.02. The largest absolute Gasteiger partial charge is 0.313 e. The minimum atomic E-state index is -0.459. The average molecular weight is 110 g/mol. The molecule has 0 aliphatic heterocycles. The molecule has 0 heterocycles. The SMILES string of the molecule is CC1CC(N)(C#N)C1. The molecular formula is C6H10N2. The molecule has 1 saturated carbocycles. The highest BCUT2D eigenvalue weighted by atomic mass is 14.8. The Kier molecular flexibility index (Phi) is 1.02. The number of rotatable bonds is 0. The van der Waals surface area contributed by atoms with E-state index in [4.69, 9.17) is 11.0 Å². The van der Waals surface area contributed by atoms with Crippen LogP contribution < -0.4 is 5.73 Å². The molecule has 0 unspecified atom stereocenters. The minimum absolute atomic E-state index is 0.459. The summed E-state index contributed by atoms with van der Waals surface area (Å²) in [6.07, 6.45) is 1.76. The van der Waals surface area contributed by atoms with E-state index in [1.807, 2.05) is 0 Å². The lowest BCUT2D eigenvalue weighted by atomic mass is 9.71. The monoisotopic (exact) mass is 110 g/mol. The van der Waals surface area contributed by atoms with Crippen molar-refractivity contribution in [1.29, 1.82) is 5.26 Å². The second-order valence-electron chi connectivity index (χ2n) is 2.78. The molecule has 1 rings (SSSR count). The lowest BCUT2D eigenvalue weighted by Gasteiger charge is -2.36. The molecule has 0 bridgehead atoms. The summed E-state index contributed by atoms with van der Waals surface area (Å²) in [6.45, 7) is 2.11. The third kappa shape index (κ3) is 0.696. The topological polar surface area (TPSA) is 49.8 Å². The van der Waals surface area contributed by atoms with E-state index in [1.165, 1.54) is 0 Å². The first-order valence-corrected chi connectivity index (χ1v) is 2.86. The molecule has 0 aromatic carbocycles. The summed E-state index contributed by atoms with van der Waals surface area (Å²) in [5, 5.41) is 8.39. The summed E-state index contributed by atoms with van der Waals surface area (Å²) in [7, 11) is 0. The number of nitrogens with two attached hydrogens (primary N) is 1. The molecule has 0 aromatic heterocycles. The first-order valence-electron chi connectivity index (χ1n) is 2.86. The molecule has 2 N–H and O–H groups in total. The van der Waals surface area contributed by atoms with E-state index in [2.05, 4.69) is 13.0 Å². The Bertz CT molecular complexity index is 128. The van der Waals surface area contributed by atoms with Crippen LogP contribution in [-0.4, -0.2) is 5.54 Å². The molecule has 1 aliphatic rings. The molecule has 8 heavy (non-hydrogen) atoms. The average Bonchev–Trinajstić information content (AvgIpc) is 1.63. The highest BCUT2D eigenvalue weighted by Gasteiger charge is 2.38. The lowest BCUT2D eigenvalue weighted by molar-refractivity contribution is 0.222. The highest BCUT2D eigenvalue weighted by Crippen LogP contribution is 2.34. The van der Waals surface area contributed by atoms with Crippen LogP contribution in [-0.2, 0) is 0 Å². The fraction of sp³-hybridized carbons (Fsp3) is 0.833. The summed E-state index contributed by atoms with van der Waals surface area (Å²) in [5.41, 5.74) is 5.07. The van der Waals surface area contributed by atoms with Gasteiger partial charge in [-0.05, 0) is 18.8 Å². The summed E-state index contributed by atoms with van der Waals surface area (Å²) in [4.78, 5) is 0. The van der Waals surface area contributed by atoms with Crippen molar-refractivity contribution in [2.75, 3.05) is 0 Å². The summed E-state index contributed by atoms with van der Waals surface area (Å²) >= 11 is 0. The summed E-state index contributed by atoms with van der Waals surface area (Å²) in [6, 6.07) is 2.09. The maximum Gasteiger partial charge on any atom is 0.104 e. The molecule has 1 aliphatic carbocycles. The van der Waals surface area contributed by atoms with E-state index >= 15 is 0 Å². The number of nitrogens with zero attached hydrogens (tertiary/aromatic N) is 1. The highest BCUT2D eigenvalue weighted by molar-refractivity contribution is 5.12. The van der Waals surface area contributed by atoms with Gasteiger partial charge in [0.1, 0.15) is 5.54 Å². The van der Waals surface area contributed by atoms with Gasteiger partial charge in [-0.1, -0.05) is 6.92 Å². The van der Waals surface area contributed by atoms with Crippen molar-refractivity contribution in [3.63, 3.8) is 0 Å². The normalized spacial score (nSPS) is 44.9. The molecule has 0 spiro atoms. The fourth-order valence-electron chi connectivity index (χ4n) is 1.28. The summed E-state index contributed by atoms with van der Waals surface area (Å²) in [5.74, 6) is 0.666. The van der Waals surface area contributed by atoms with Crippen molar-refractivity contribution < 1.29 is 0 Å². The van der Waals surface area contributed by atoms with Crippen LogP contribution >= 0.6 is 0 Å². The third-order valence-electron chi connectivity index (χ3n) is 1.65. The number of hydrogen-bond donors (Lipinski definition) is 1. The summed E-state index contributed by atoms with van der Waals surface area (Å²) < 4.78 is 0. The number of nitriles is 1. The second kappa shape index (κ2) is 1.46. The maximum absolute atomic E-state index is 8.39. The second-order valence-corrected chi connectivity index (χ2v) is 2.78. The van der Waals surface area contributed by atoms with Crippen LogP contribution in [0.2, 0.25) is 0 Å². The Hall–Kier alpha value is -0.550. The Balaban J connectivity index is 2.44. The minimum Gasteiger partial charge on any atom is -0.313 e. The Labute approximate surface area is 49.3 Å². The molecule has 1 fully saturated rings. The molecule has 0 aromatic rings. The van der Waals surface area contributed by atoms with Crippen molar-refractivity contribution in [2.45, 2.75) is 25.3 Å². The van der Waals surface area contributed by atoms with Gasteiger partial charge >= 0.3 is 0 Å². The van der Waals surface area contributed by atoms with Gasteiger partial charge in [0.25, 0.3) is 0 Å². The fourth-order valence-corrected chi connectivity index (χ4v) is 1.28. The Morgan fingerprint density at radius 3 is 2.38 bits per heavy atom. The first-order chi connectivity index (χ1) is 3.66. The molecule has 2 nitrogen and oxygen atoms in total. The standard InChI is InChI=1S/C6H10N2/c1-5-2-6(8,3-5)4-7/h5H,2-3,8H2,1H3. The molecule has 0 saturated heterocycles. The van der Waals surface area contributed by atoms with E-state index in [0.29, 0.717) is 5.92 Å². The molecular weight excluding hydrogens is 100 g/mol. The van der Waals surface area contributed by atoms with Crippen LogP contribution in [0.25, 0.3) is 0 Å². The zero-order valence-electron chi connectivity index (χ0n) is 5.02. The van der Waals surface area contributed by atoms with Crippen molar-refractivity contribution >= 4 is 0 Å². The molecule has 2 heteroatoms. The van der Waals surface area contributed by atoms with E-state index in [0.717, 1.165) is 12.8 Å². The van der Waals surface area contributed by atoms with E-state index in [-0.39, 0.29) is 0 Å². The van der Waals surface area contributed by atoms with E-state index in [9.17, 15) is 0 Å². The molecule has 0 atom stereocenters. The molecule has 0 radical (unpaired) electrons. The predicted molar refractivity (Wildman–Crippen MR) is 30.9 cm³/mol. The maximum atomic E-state index is 8.39. The van der Waals surface area contributed by atoms with Crippen LogP contribution in [0.3, 0.4) is 0 Å². The van der Waals surface area contributed by atoms with Gasteiger partial charge in [0.15, 0.2) is 0 Å². The van der Waals surface area contributed by atoms with Crippen LogP contribution in [0.15, 0.2) is 0 Å². The quantitative estimate of drug-likeness (QED) is 0.497.